The number of pyridine rings is 1. The minimum Gasteiger partial charge on any atom is -0.394 e. The van der Waals surface area contributed by atoms with Crippen LogP contribution in [0, 0.1) is 12.7 Å². The SMILES string of the molecule is Cc1onc(-c2ccc(F)cn2)c1C=Cc1ncc(C(=O)NC(C)(C)CO)s1. The first-order valence-corrected chi connectivity index (χ1v) is 9.26. The molecule has 0 spiro atoms. The average Bonchev–Trinajstić information content (AvgIpc) is 3.27. The van der Waals surface area contributed by atoms with Crippen molar-refractivity contribution >= 4 is 29.4 Å². The molecular weight excluding hydrogens is 383 g/mol. The van der Waals surface area contributed by atoms with Crippen LogP contribution in [0.1, 0.15) is 39.9 Å². The monoisotopic (exact) mass is 402 g/mol. The van der Waals surface area contributed by atoms with Crippen LogP contribution in [0.2, 0.25) is 0 Å². The highest BCUT2D eigenvalue weighted by Crippen LogP contribution is 2.26. The predicted molar refractivity (Wildman–Crippen MR) is 104 cm³/mol. The highest BCUT2D eigenvalue weighted by Gasteiger charge is 2.21. The van der Waals surface area contributed by atoms with Crippen LogP contribution in [-0.2, 0) is 0 Å². The first-order chi connectivity index (χ1) is 13.3. The number of aryl methyl sites for hydroxylation is 1. The van der Waals surface area contributed by atoms with Gasteiger partial charge in [0.25, 0.3) is 5.91 Å². The zero-order chi connectivity index (χ0) is 20.3. The summed E-state index contributed by atoms with van der Waals surface area (Å²) in [5.74, 6) is -0.149. The standard InChI is InChI=1S/C19H19FN4O3S/c1-11-13(17(24-27-11)14-6-4-12(20)8-21-14)5-7-16-22-9-15(28-16)18(26)23-19(2,3)10-25/h4-9,25H,10H2,1-3H3,(H,23,26). The van der Waals surface area contributed by atoms with Gasteiger partial charge in [0.05, 0.1) is 30.2 Å². The summed E-state index contributed by atoms with van der Waals surface area (Å²) in [5, 5.41) is 16.6. The van der Waals surface area contributed by atoms with Gasteiger partial charge in [-0.1, -0.05) is 5.16 Å². The van der Waals surface area contributed by atoms with E-state index < -0.39 is 11.4 Å². The Hall–Kier alpha value is -2.91. The van der Waals surface area contributed by atoms with E-state index in [1.807, 2.05) is 0 Å². The molecule has 0 fully saturated rings. The van der Waals surface area contributed by atoms with E-state index in [0.717, 1.165) is 6.20 Å². The summed E-state index contributed by atoms with van der Waals surface area (Å²) < 4.78 is 18.3. The largest absolute Gasteiger partial charge is 0.394 e. The number of carbonyl (C=O) groups is 1. The second-order valence-electron chi connectivity index (χ2n) is 6.75. The molecule has 3 heterocycles. The second-order valence-corrected chi connectivity index (χ2v) is 7.82. The van der Waals surface area contributed by atoms with Crippen molar-refractivity contribution in [2.75, 3.05) is 6.61 Å². The van der Waals surface area contributed by atoms with Crippen molar-refractivity contribution in [2.45, 2.75) is 26.3 Å². The molecule has 28 heavy (non-hydrogen) atoms. The van der Waals surface area contributed by atoms with Gasteiger partial charge >= 0.3 is 0 Å². The lowest BCUT2D eigenvalue weighted by Crippen LogP contribution is -2.46. The van der Waals surface area contributed by atoms with E-state index in [1.54, 1.807) is 32.9 Å². The molecule has 0 aliphatic rings. The number of halogens is 1. The number of nitrogens with one attached hydrogen (secondary N) is 1. The molecule has 0 aliphatic heterocycles. The second kappa shape index (κ2) is 7.99. The van der Waals surface area contributed by atoms with Gasteiger partial charge in [-0.15, -0.1) is 11.3 Å². The molecule has 3 aromatic rings. The minimum atomic E-state index is -0.715. The highest BCUT2D eigenvalue weighted by atomic mass is 32.1. The zero-order valence-corrected chi connectivity index (χ0v) is 16.4. The lowest BCUT2D eigenvalue weighted by molar-refractivity contribution is 0.0873. The Morgan fingerprint density at radius 1 is 1.32 bits per heavy atom. The first kappa shape index (κ1) is 19.8. The Labute approximate surface area is 164 Å². The Kier molecular flexibility index (Phi) is 5.66. The Morgan fingerprint density at radius 2 is 2.11 bits per heavy atom. The van der Waals surface area contributed by atoms with Crippen LogP contribution in [0.3, 0.4) is 0 Å². The Bertz CT molecular complexity index is 1010. The average molecular weight is 402 g/mol. The van der Waals surface area contributed by atoms with Crippen molar-refractivity contribution in [3.8, 4) is 11.4 Å². The van der Waals surface area contributed by atoms with E-state index in [2.05, 4.69) is 20.4 Å². The molecule has 0 unspecified atom stereocenters. The smallest absolute Gasteiger partial charge is 0.263 e. The number of amides is 1. The molecule has 0 saturated carbocycles. The van der Waals surface area contributed by atoms with Crippen LogP contribution in [0.4, 0.5) is 4.39 Å². The predicted octanol–water partition coefficient (Wildman–Crippen LogP) is 3.31. The molecule has 0 atom stereocenters. The van der Waals surface area contributed by atoms with Gasteiger partial charge in [0.15, 0.2) is 0 Å². The van der Waals surface area contributed by atoms with Crippen LogP contribution in [-0.4, -0.2) is 38.3 Å². The van der Waals surface area contributed by atoms with E-state index >= 15 is 0 Å². The van der Waals surface area contributed by atoms with Crippen LogP contribution < -0.4 is 5.32 Å². The van der Waals surface area contributed by atoms with Gasteiger partial charge in [-0.25, -0.2) is 9.37 Å². The maximum atomic E-state index is 13.1. The summed E-state index contributed by atoms with van der Waals surface area (Å²) in [5.41, 5.74) is 0.964. The van der Waals surface area contributed by atoms with E-state index in [9.17, 15) is 14.3 Å². The number of rotatable bonds is 6. The van der Waals surface area contributed by atoms with E-state index in [1.165, 1.54) is 29.7 Å². The van der Waals surface area contributed by atoms with Gasteiger partial charge in [-0.05, 0) is 45.1 Å². The number of aliphatic hydroxyl groups excluding tert-OH is 1. The van der Waals surface area contributed by atoms with E-state index in [-0.39, 0.29) is 12.5 Å². The molecule has 146 valence electrons. The summed E-state index contributed by atoms with van der Waals surface area (Å²) >= 11 is 1.22. The number of thiazole rings is 1. The fourth-order valence-corrected chi connectivity index (χ4v) is 3.02. The third kappa shape index (κ3) is 4.49. The lowest BCUT2D eigenvalue weighted by Gasteiger charge is -2.22. The lowest BCUT2D eigenvalue weighted by atomic mass is 10.1. The molecule has 0 radical (unpaired) electrons. The Morgan fingerprint density at radius 3 is 2.79 bits per heavy atom. The molecule has 3 rings (SSSR count). The van der Waals surface area contributed by atoms with Crippen molar-refractivity contribution in [2.24, 2.45) is 0 Å². The van der Waals surface area contributed by atoms with Gasteiger partial charge in [-0.3, -0.25) is 9.78 Å². The molecule has 7 nitrogen and oxygen atoms in total. The maximum Gasteiger partial charge on any atom is 0.263 e. The number of carbonyl (C=O) groups excluding carboxylic acids is 1. The van der Waals surface area contributed by atoms with E-state index in [0.29, 0.717) is 32.6 Å². The van der Waals surface area contributed by atoms with Gasteiger partial charge in [0, 0.05) is 5.56 Å². The molecule has 0 saturated heterocycles. The summed E-state index contributed by atoms with van der Waals surface area (Å²) in [7, 11) is 0. The number of nitrogens with zero attached hydrogens (tertiary/aromatic N) is 3. The van der Waals surface area contributed by atoms with Gasteiger partial charge < -0.3 is 14.9 Å². The van der Waals surface area contributed by atoms with Gasteiger partial charge in [-0.2, -0.15) is 0 Å². The normalized spacial score (nSPS) is 11.9. The van der Waals surface area contributed by atoms with Gasteiger partial charge in [0.1, 0.15) is 27.2 Å². The summed E-state index contributed by atoms with van der Waals surface area (Å²) in [6.07, 6.45) is 6.11. The van der Waals surface area contributed by atoms with Crippen molar-refractivity contribution in [3.05, 3.63) is 51.6 Å². The Balaban J connectivity index is 1.80. The molecular formula is C19H19FN4O3S. The van der Waals surface area contributed by atoms with Crippen LogP contribution in [0.15, 0.2) is 29.0 Å². The quantitative estimate of drug-likeness (QED) is 0.656. The molecule has 1 amide bonds. The summed E-state index contributed by atoms with van der Waals surface area (Å²) in [6, 6.07) is 2.83. The summed E-state index contributed by atoms with van der Waals surface area (Å²) in [6.45, 7) is 5.05. The highest BCUT2D eigenvalue weighted by molar-refractivity contribution is 7.14. The maximum absolute atomic E-state index is 13.1. The van der Waals surface area contributed by atoms with Crippen molar-refractivity contribution < 1.29 is 18.8 Å². The topological polar surface area (TPSA) is 101 Å². The van der Waals surface area contributed by atoms with Crippen LogP contribution in [0.5, 0.6) is 0 Å². The number of hydrogen-bond donors (Lipinski definition) is 2. The fraction of sp³-hybridized carbons (Fsp3) is 0.263. The number of aromatic nitrogens is 3. The van der Waals surface area contributed by atoms with Gasteiger partial charge in [0.2, 0.25) is 0 Å². The van der Waals surface area contributed by atoms with Crippen molar-refractivity contribution in [3.63, 3.8) is 0 Å². The summed E-state index contributed by atoms with van der Waals surface area (Å²) in [4.78, 5) is 20.9. The molecule has 9 heteroatoms. The minimum absolute atomic E-state index is 0.169. The van der Waals surface area contributed by atoms with Crippen LogP contribution in [0.25, 0.3) is 23.5 Å². The third-order valence-corrected chi connectivity index (χ3v) is 4.83. The fourth-order valence-electron chi connectivity index (χ4n) is 2.31. The number of aliphatic hydroxyl groups is 1. The molecule has 2 N–H and O–H groups in total. The molecule has 3 aromatic heterocycles. The van der Waals surface area contributed by atoms with Crippen LogP contribution >= 0.6 is 11.3 Å². The van der Waals surface area contributed by atoms with E-state index in [4.69, 9.17) is 4.52 Å². The van der Waals surface area contributed by atoms with Crippen molar-refractivity contribution in [1.82, 2.24) is 20.4 Å². The molecule has 0 aromatic carbocycles. The van der Waals surface area contributed by atoms with Crippen molar-refractivity contribution in [1.29, 1.82) is 0 Å². The third-order valence-electron chi connectivity index (χ3n) is 3.87. The zero-order valence-electron chi connectivity index (χ0n) is 15.6. The number of hydrogen-bond acceptors (Lipinski definition) is 7. The molecule has 0 bridgehead atoms. The molecule has 0 aliphatic carbocycles. The first-order valence-electron chi connectivity index (χ1n) is 8.44.